The Morgan fingerprint density at radius 2 is 1.85 bits per heavy atom. The van der Waals surface area contributed by atoms with Gasteiger partial charge in [0.1, 0.15) is 28.7 Å². The van der Waals surface area contributed by atoms with Crippen LogP contribution in [0, 0.1) is 11.3 Å². The van der Waals surface area contributed by atoms with Crippen LogP contribution in [0.25, 0.3) is 22.3 Å². The molecule has 4 N–H and O–H groups in total. The third kappa shape index (κ3) is 7.74. The third-order valence-electron chi connectivity index (χ3n) is 10.7. The number of amides is 2. The third-order valence-corrected chi connectivity index (χ3v) is 13.3. The number of ether oxygens (including phenoxy) is 2. The van der Waals surface area contributed by atoms with Crippen LogP contribution in [0.1, 0.15) is 84.6 Å². The predicted octanol–water partition coefficient (Wildman–Crippen LogP) is 6.65. The van der Waals surface area contributed by atoms with E-state index in [0.29, 0.717) is 22.7 Å². The molecule has 2 amide bonds. The summed E-state index contributed by atoms with van der Waals surface area (Å²) in [6.07, 6.45) is 3.93. The van der Waals surface area contributed by atoms with E-state index in [2.05, 4.69) is 17.2 Å². The van der Waals surface area contributed by atoms with Crippen LogP contribution < -0.4 is 15.4 Å². The molecule has 6 rings (SSSR count). The second kappa shape index (κ2) is 14.8. The van der Waals surface area contributed by atoms with Gasteiger partial charge in [-0.25, -0.2) is 14.8 Å². The second-order valence-corrected chi connectivity index (χ2v) is 18.6. The fraction of sp³-hybridized carbons (Fsp3) is 0.553. The molecule has 3 aromatic rings. The van der Waals surface area contributed by atoms with E-state index in [1.54, 1.807) is 7.11 Å². The number of ketones is 1. The molecular formula is C38H50N5O8PS. The number of Topliss-reactive ketones (excluding diaryl/α,β-unsaturated/α-hetero) is 1. The van der Waals surface area contributed by atoms with Crippen LogP contribution >= 0.6 is 18.9 Å². The van der Waals surface area contributed by atoms with E-state index < -0.39 is 59.9 Å². The lowest BCUT2D eigenvalue weighted by Crippen LogP contribution is -2.58. The Labute approximate surface area is 314 Å². The number of allylic oxidation sites excluding steroid dienone is 1. The van der Waals surface area contributed by atoms with E-state index in [1.165, 1.54) is 22.3 Å². The van der Waals surface area contributed by atoms with Crippen molar-refractivity contribution in [1.29, 1.82) is 0 Å². The van der Waals surface area contributed by atoms with Gasteiger partial charge in [0.05, 0.1) is 24.4 Å². The number of carbonyl (C=O) groups excluding carboxylic acids is 3. The average molecular weight is 768 g/mol. The molecule has 0 unspecified atom stereocenters. The number of anilines is 1. The van der Waals surface area contributed by atoms with Gasteiger partial charge >= 0.3 is 13.7 Å². The molecule has 3 fully saturated rings. The number of alkyl carbamates (subject to hydrolysis) is 1. The summed E-state index contributed by atoms with van der Waals surface area (Å²) in [5, 5.41) is 7.58. The minimum Gasteiger partial charge on any atom is -0.497 e. The highest BCUT2D eigenvalue weighted by Gasteiger charge is 2.71. The Kier molecular flexibility index (Phi) is 10.8. The molecule has 1 aromatic carbocycles. The Morgan fingerprint density at radius 3 is 2.45 bits per heavy atom. The summed E-state index contributed by atoms with van der Waals surface area (Å²) in [5.41, 5.74) is 1.86. The number of likely N-dealkylation sites (tertiary alicyclic amines) is 1. The summed E-state index contributed by atoms with van der Waals surface area (Å²) in [5.74, 6) is -1.80. The molecule has 286 valence electrons. The van der Waals surface area contributed by atoms with Crippen LogP contribution in [0.15, 0.2) is 42.3 Å². The zero-order valence-electron chi connectivity index (χ0n) is 31.1. The van der Waals surface area contributed by atoms with E-state index in [4.69, 9.17) is 19.4 Å². The number of nitrogens with one attached hydrogen (secondary N) is 2. The monoisotopic (exact) mass is 767 g/mol. The standard InChI is InChI=1S/C38H50N5O8PS/c1-8-23-18-38(23,52(47,48)49)33(44)31-15-22(19-43(31)34(45)32(37(4,5)6)42-36(46)51-24-11-9-10-12-24)27-17-29(30-20-53-35(41-30)39-21(2)3)40-28-16-25(50-7)13-14-26(27)28/h8,13-14,16-17,20-24,31-32H,1,9-12,15,18-19H2,2-7H3,(H,39,41)(H,42,46)(H2,47,48,49)/t22-,23-,31+,32-,38+/m1/s1. The van der Waals surface area contributed by atoms with Crippen LogP contribution in [0.2, 0.25) is 0 Å². The number of hydrogen-bond donors (Lipinski definition) is 4. The van der Waals surface area contributed by atoms with E-state index in [0.717, 1.165) is 41.8 Å². The quantitative estimate of drug-likeness (QED) is 0.115. The Balaban J connectivity index is 1.42. The summed E-state index contributed by atoms with van der Waals surface area (Å²) in [4.78, 5) is 74.8. The first-order valence-electron chi connectivity index (χ1n) is 18.2. The minimum absolute atomic E-state index is 0.0545. The van der Waals surface area contributed by atoms with Gasteiger partial charge < -0.3 is 34.8 Å². The summed E-state index contributed by atoms with van der Waals surface area (Å²) in [6, 6.07) is 5.34. The van der Waals surface area contributed by atoms with Crippen LogP contribution in [-0.2, 0) is 18.9 Å². The molecule has 13 nitrogen and oxygen atoms in total. The highest BCUT2D eigenvalue weighted by atomic mass is 32.1. The van der Waals surface area contributed by atoms with Gasteiger partial charge in [-0.3, -0.25) is 14.2 Å². The maximum absolute atomic E-state index is 14.8. The van der Waals surface area contributed by atoms with Crippen LogP contribution in [-0.4, -0.2) is 85.5 Å². The van der Waals surface area contributed by atoms with Crippen LogP contribution in [0.3, 0.4) is 0 Å². The maximum atomic E-state index is 14.8. The summed E-state index contributed by atoms with van der Waals surface area (Å²) in [7, 11) is -3.40. The van der Waals surface area contributed by atoms with Gasteiger partial charge in [0, 0.05) is 41.3 Å². The number of aromatic nitrogens is 2. The molecule has 0 radical (unpaired) electrons. The average Bonchev–Trinajstić information content (AvgIpc) is 3.44. The van der Waals surface area contributed by atoms with Gasteiger partial charge in [0.25, 0.3) is 0 Å². The minimum atomic E-state index is -4.97. The number of fused-ring (bicyclic) bond motifs is 1. The van der Waals surface area contributed by atoms with E-state index in [-0.39, 0.29) is 31.5 Å². The van der Waals surface area contributed by atoms with Gasteiger partial charge in [-0.2, -0.15) is 0 Å². The lowest BCUT2D eigenvalue weighted by Gasteiger charge is -2.36. The topological polar surface area (TPSA) is 180 Å². The summed E-state index contributed by atoms with van der Waals surface area (Å²) >= 11 is 1.46. The predicted molar refractivity (Wildman–Crippen MR) is 204 cm³/mol. The summed E-state index contributed by atoms with van der Waals surface area (Å²) < 4.78 is 24.2. The molecule has 2 aromatic heterocycles. The molecule has 2 saturated carbocycles. The number of benzene rings is 1. The number of hydrogen-bond acceptors (Lipinski definition) is 10. The Bertz CT molecular complexity index is 1950. The number of rotatable bonds is 12. The first kappa shape index (κ1) is 38.9. The lowest BCUT2D eigenvalue weighted by atomic mass is 9.85. The molecule has 53 heavy (non-hydrogen) atoms. The van der Waals surface area contributed by atoms with Crippen molar-refractivity contribution in [3.8, 4) is 17.1 Å². The van der Waals surface area contributed by atoms with Gasteiger partial charge in [-0.05, 0) is 81.5 Å². The van der Waals surface area contributed by atoms with E-state index in [1.807, 2.05) is 64.3 Å². The van der Waals surface area contributed by atoms with E-state index >= 15 is 0 Å². The Morgan fingerprint density at radius 1 is 1.13 bits per heavy atom. The zero-order valence-corrected chi connectivity index (χ0v) is 32.8. The largest absolute Gasteiger partial charge is 0.497 e. The lowest BCUT2D eigenvalue weighted by molar-refractivity contribution is -0.141. The molecule has 2 aliphatic carbocycles. The normalized spacial score (nSPS) is 23.9. The number of pyridine rings is 1. The van der Waals surface area contributed by atoms with Crippen molar-refractivity contribution < 1.29 is 38.2 Å². The van der Waals surface area contributed by atoms with Crippen LogP contribution in [0.4, 0.5) is 9.93 Å². The first-order valence-corrected chi connectivity index (χ1v) is 20.7. The van der Waals surface area contributed by atoms with Crippen molar-refractivity contribution in [2.24, 2.45) is 11.3 Å². The van der Waals surface area contributed by atoms with Crippen molar-refractivity contribution in [2.45, 2.75) is 108 Å². The fourth-order valence-electron chi connectivity index (χ4n) is 7.82. The smallest absolute Gasteiger partial charge is 0.408 e. The van der Waals surface area contributed by atoms with Gasteiger partial charge in [-0.15, -0.1) is 17.9 Å². The fourth-order valence-corrected chi connectivity index (χ4v) is 10.1. The number of nitrogens with zero attached hydrogens (tertiary/aromatic N) is 3. The maximum Gasteiger partial charge on any atom is 0.408 e. The highest BCUT2D eigenvalue weighted by Crippen LogP contribution is 2.70. The van der Waals surface area contributed by atoms with Crippen molar-refractivity contribution >= 4 is 52.8 Å². The van der Waals surface area contributed by atoms with E-state index in [9.17, 15) is 28.7 Å². The molecule has 3 heterocycles. The highest BCUT2D eigenvalue weighted by molar-refractivity contribution is 7.55. The zero-order chi connectivity index (χ0) is 38.5. The number of thiazole rings is 1. The van der Waals surface area contributed by atoms with Gasteiger partial charge in [-0.1, -0.05) is 26.8 Å². The molecule has 3 aliphatic rings. The molecule has 15 heteroatoms. The van der Waals surface area contributed by atoms with Gasteiger partial charge in [0.15, 0.2) is 10.9 Å². The summed E-state index contributed by atoms with van der Waals surface area (Å²) in [6.45, 7) is 13.3. The van der Waals surface area contributed by atoms with Crippen molar-refractivity contribution in [1.82, 2.24) is 20.2 Å². The molecule has 1 saturated heterocycles. The van der Waals surface area contributed by atoms with Gasteiger partial charge in [0.2, 0.25) is 5.91 Å². The number of carbonyl (C=O) groups is 3. The van der Waals surface area contributed by atoms with Crippen molar-refractivity contribution in [3.63, 3.8) is 0 Å². The number of methoxy groups -OCH3 is 1. The van der Waals surface area contributed by atoms with Crippen molar-refractivity contribution in [3.05, 3.63) is 47.9 Å². The molecule has 5 atom stereocenters. The Hall–Kier alpha value is -3.84. The molecule has 0 spiro atoms. The SMILES string of the molecule is C=C[C@@H]1C[C@]1(C(=O)[C@@H]1C[C@@H](c2cc(-c3csc(NC(C)C)n3)nc3cc(OC)ccc23)CN1C(=O)[C@@H](NC(=O)OC1CCCC1)C(C)(C)C)P(=O)(O)O. The van der Waals surface area contributed by atoms with Crippen LogP contribution in [0.5, 0.6) is 5.75 Å². The van der Waals surface area contributed by atoms with Crippen molar-refractivity contribution in [2.75, 3.05) is 19.0 Å². The molecule has 1 aliphatic heterocycles. The molecular weight excluding hydrogens is 717 g/mol. The first-order chi connectivity index (χ1) is 25.0. The second-order valence-electron chi connectivity index (χ2n) is 15.9. The molecule has 0 bridgehead atoms.